The Kier molecular flexibility index (Phi) is 7.64. The van der Waals surface area contributed by atoms with Crippen molar-refractivity contribution in [2.45, 2.75) is 32.2 Å². The molecule has 0 saturated heterocycles. The van der Waals surface area contributed by atoms with Crippen LogP contribution in [0.4, 0.5) is 0 Å². The number of benzene rings is 2. The van der Waals surface area contributed by atoms with Crippen LogP contribution < -0.4 is 14.2 Å². The average molecular weight is 443 g/mol. The molecule has 1 aliphatic rings. The maximum atomic E-state index is 13.1. The first-order valence-corrected chi connectivity index (χ1v) is 10.3. The lowest BCUT2D eigenvalue weighted by molar-refractivity contribution is -0.517. The number of aryl methyl sites for hydroxylation is 1. The van der Waals surface area contributed by atoms with Gasteiger partial charge in [0.15, 0.2) is 11.5 Å². The van der Waals surface area contributed by atoms with Crippen LogP contribution in [-0.2, 0) is 27.2 Å². The SMILES string of the molecule is CCOC(=O)C(C(Cc1ccc2c(c1)OCO2)C(=O)CCc1ccc(OC)cc1)[N+](=O)[O-]. The van der Waals surface area contributed by atoms with E-state index in [1.807, 2.05) is 12.1 Å². The van der Waals surface area contributed by atoms with Crippen LogP contribution in [0.15, 0.2) is 42.5 Å². The first-order chi connectivity index (χ1) is 15.4. The molecule has 0 amide bonds. The van der Waals surface area contributed by atoms with Gasteiger partial charge in [0.25, 0.3) is 0 Å². The quantitative estimate of drug-likeness (QED) is 0.296. The summed E-state index contributed by atoms with van der Waals surface area (Å²) in [7, 11) is 1.56. The summed E-state index contributed by atoms with van der Waals surface area (Å²) in [5.41, 5.74) is 1.52. The third-order valence-corrected chi connectivity index (χ3v) is 5.26. The monoisotopic (exact) mass is 443 g/mol. The lowest BCUT2D eigenvalue weighted by Crippen LogP contribution is -2.43. The highest BCUT2D eigenvalue weighted by Gasteiger charge is 2.44. The van der Waals surface area contributed by atoms with Crippen molar-refractivity contribution in [3.05, 3.63) is 63.7 Å². The summed E-state index contributed by atoms with van der Waals surface area (Å²) < 4.78 is 20.7. The number of fused-ring (bicyclic) bond motifs is 1. The number of ether oxygens (including phenoxy) is 4. The van der Waals surface area contributed by atoms with Gasteiger partial charge in [0.2, 0.25) is 6.79 Å². The lowest BCUT2D eigenvalue weighted by Gasteiger charge is -2.19. The Morgan fingerprint density at radius 1 is 1.09 bits per heavy atom. The second-order valence-corrected chi connectivity index (χ2v) is 7.29. The number of carbonyl (C=O) groups is 2. The fraction of sp³-hybridized carbons (Fsp3) is 0.391. The Morgan fingerprint density at radius 2 is 1.78 bits per heavy atom. The van der Waals surface area contributed by atoms with Crippen LogP contribution in [0.5, 0.6) is 17.2 Å². The predicted octanol–water partition coefficient (Wildman–Crippen LogP) is 2.99. The molecule has 170 valence electrons. The van der Waals surface area contributed by atoms with E-state index in [4.69, 9.17) is 18.9 Å². The molecule has 1 aliphatic heterocycles. The number of carbonyl (C=O) groups excluding carboxylic acids is 2. The van der Waals surface area contributed by atoms with E-state index in [9.17, 15) is 19.7 Å². The molecule has 2 atom stereocenters. The molecule has 0 N–H and O–H groups in total. The minimum atomic E-state index is -1.79. The molecule has 0 saturated carbocycles. The molecule has 2 aromatic rings. The van der Waals surface area contributed by atoms with Crippen molar-refractivity contribution < 1.29 is 33.5 Å². The van der Waals surface area contributed by atoms with Crippen LogP contribution in [0.1, 0.15) is 24.5 Å². The van der Waals surface area contributed by atoms with Gasteiger partial charge in [-0.25, -0.2) is 4.79 Å². The third kappa shape index (κ3) is 5.54. The standard InChI is InChI=1S/C23H25NO8/c1-3-30-23(26)22(24(27)28)18(12-16-7-11-20-21(13-16)32-14-31-20)19(25)10-6-15-4-8-17(29-2)9-5-15/h4-5,7-9,11,13,18,22H,3,6,10,12,14H2,1-2H3. The molecular formula is C23H25NO8. The van der Waals surface area contributed by atoms with Crippen molar-refractivity contribution >= 4 is 11.8 Å². The van der Waals surface area contributed by atoms with Gasteiger partial charge in [0.05, 0.1) is 13.7 Å². The van der Waals surface area contributed by atoms with Gasteiger partial charge in [0.1, 0.15) is 17.5 Å². The van der Waals surface area contributed by atoms with Crippen molar-refractivity contribution in [3.63, 3.8) is 0 Å². The van der Waals surface area contributed by atoms with Crippen molar-refractivity contribution in [2.24, 2.45) is 5.92 Å². The maximum Gasteiger partial charge on any atom is 0.382 e. The zero-order chi connectivity index (χ0) is 23.1. The molecule has 32 heavy (non-hydrogen) atoms. The predicted molar refractivity (Wildman–Crippen MR) is 113 cm³/mol. The Balaban J connectivity index is 1.81. The lowest BCUT2D eigenvalue weighted by atomic mass is 9.86. The van der Waals surface area contributed by atoms with E-state index in [1.165, 1.54) is 0 Å². The van der Waals surface area contributed by atoms with Crippen molar-refractivity contribution in [1.82, 2.24) is 0 Å². The summed E-state index contributed by atoms with van der Waals surface area (Å²) >= 11 is 0. The molecule has 0 aliphatic carbocycles. The Morgan fingerprint density at radius 3 is 2.44 bits per heavy atom. The van der Waals surface area contributed by atoms with E-state index < -0.39 is 22.9 Å². The highest BCUT2D eigenvalue weighted by atomic mass is 16.7. The Labute approximate surface area is 185 Å². The molecule has 0 radical (unpaired) electrons. The van der Waals surface area contributed by atoms with Gasteiger partial charge in [0, 0.05) is 11.3 Å². The fourth-order valence-electron chi connectivity index (χ4n) is 3.59. The second-order valence-electron chi connectivity index (χ2n) is 7.29. The highest BCUT2D eigenvalue weighted by Crippen LogP contribution is 2.33. The topological polar surface area (TPSA) is 114 Å². The number of nitrogens with zero attached hydrogens (tertiary/aromatic N) is 1. The first kappa shape index (κ1) is 23.1. The molecule has 0 aromatic heterocycles. The van der Waals surface area contributed by atoms with Crippen molar-refractivity contribution in [2.75, 3.05) is 20.5 Å². The van der Waals surface area contributed by atoms with Crippen LogP contribution in [0.2, 0.25) is 0 Å². The van der Waals surface area contributed by atoms with Crippen LogP contribution >= 0.6 is 0 Å². The number of esters is 1. The number of nitro groups is 1. The molecule has 1 heterocycles. The first-order valence-electron chi connectivity index (χ1n) is 10.3. The largest absolute Gasteiger partial charge is 0.497 e. The maximum absolute atomic E-state index is 13.1. The van der Waals surface area contributed by atoms with Gasteiger partial charge >= 0.3 is 12.0 Å². The zero-order valence-corrected chi connectivity index (χ0v) is 17.9. The van der Waals surface area contributed by atoms with Gasteiger partial charge in [-0.05, 0) is 55.2 Å². The van der Waals surface area contributed by atoms with Gasteiger partial charge < -0.3 is 18.9 Å². The zero-order valence-electron chi connectivity index (χ0n) is 17.9. The molecule has 2 aromatic carbocycles. The molecule has 0 fully saturated rings. The highest BCUT2D eigenvalue weighted by molar-refractivity contribution is 5.88. The van der Waals surface area contributed by atoms with Gasteiger partial charge in [-0.15, -0.1) is 0 Å². The molecule has 0 spiro atoms. The molecule has 9 heteroatoms. The van der Waals surface area contributed by atoms with Crippen LogP contribution in [0, 0.1) is 16.0 Å². The average Bonchev–Trinajstić information content (AvgIpc) is 3.25. The van der Waals surface area contributed by atoms with Crippen molar-refractivity contribution in [1.29, 1.82) is 0 Å². The van der Waals surface area contributed by atoms with Crippen molar-refractivity contribution in [3.8, 4) is 17.2 Å². The van der Waals surface area contributed by atoms with Gasteiger partial charge in [-0.3, -0.25) is 14.9 Å². The molecular weight excluding hydrogens is 418 g/mol. The van der Waals surface area contributed by atoms with E-state index in [0.717, 1.165) is 5.56 Å². The smallest absolute Gasteiger partial charge is 0.382 e. The summed E-state index contributed by atoms with van der Waals surface area (Å²) in [6.45, 7) is 1.64. The van der Waals surface area contributed by atoms with E-state index in [2.05, 4.69) is 0 Å². The molecule has 0 bridgehead atoms. The Hall–Kier alpha value is -3.62. The summed E-state index contributed by atoms with van der Waals surface area (Å²) in [5.74, 6) is -0.818. The van der Waals surface area contributed by atoms with E-state index in [0.29, 0.717) is 29.2 Å². The summed E-state index contributed by atoms with van der Waals surface area (Å²) in [4.78, 5) is 36.6. The number of hydrogen-bond acceptors (Lipinski definition) is 8. The van der Waals surface area contributed by atoms with E-state index in [1.54, 1.807) is 44.4 Å². The number of ketones is 1. The summed E-state index contributed by atoms with van der Waals surface area (Å²) in [5, 5.41) is 11.8. The third-order valence-electron chi connectivity index (χ3n) is 5.26. The Bertz CT molecular complexity index is 972. The minimum absolute atomic E-state index is 0.00253. The van der Waals surface area contributed by atoms with Gasteiger partial charge in [-0.2, -0.15) is 0 Å². The normalized spacial score (nSPS) is 13.8. The number of methoxy groups -OCH3 is 1. The number of rotatable bonds is 11. The van der Waals surface area contributed by atoms with Crippen LogP contribution in [0.3, 0.4) is 0 Å². The number of hydrogen-bond donors (Lipinski definition) is 0. The number of Topliss-reactive ketones (excluding diaryl/α,β-unsaturated/α-hetero) is 1. The molecule has 9 nitrogen and oxygen atoms in total. The van der Waals surface area contributed by atoms with Crippen LogP contribution in [-0.4, -0.2) is 43.2 Å². The summed E-state index contributed by atoms with van der Waals surface area (Å²) in [6.07, 6.45) is 0.432. The molecule has 2 unspecified atom stereocenters. The molecule has 3 rings (SSSR count). The second kappa shape index (κ2) is 10.6. The van der Waals surface area contributed by atoms with Gasteiger partial charge in [-0.1, -0.05) is 18.2 Å². The fourth-order valence-corrected chi connectivity index (χ4v) is 3.59. The van der Waals surface area contributed by atoms with E-state index in [-0.39, 0.29) is 32.0 Å². The summed E-state index contributed by atoms with van der Waals surface area (Å²) in [6, 6.07) is 10.5. The van der Waals surface area contributed by atoms with E-state index >= 15 is 0 Å². The van der Waals surface area contributed by atoms with Crippen LogP contribution in [0.25, 0.3) is 0 Å². The minimum Gasteiger partial charge on any atom is -0.497 e.